The van der Waals surface area contributed by atoms with Crippen molar-refractivity contribution in [1.82, 2.24) is 0 Å². The third-order valence-electron chi connectivity index (χ3n) is 5.36. The molecule has 202 valence electrons. The van der Waals surface area contributed by atoms with E-state index < -0.39 is 26.0 Å². The fraction of sp³-hybridized carbons (Fsp3) is 0.0741. The molecular formula is C27H24ClN3O6S2. The van der Waals surface area contributed by atoms with Gasteiger partial charge in [-0.3, -0.25) is 14.2 Å². The van der Waals surface area contributed by atoms with Crippen LogP contribution in [0.3, 0.4) is 0 Å². The molecule has 0 saturated heterocycles. The van der Waals surface area contributed by atoms with Gasteiger partial charge in [-0.15, -0.1) is 0 Å². The van der Waals surface area contributed by atoms with Crippen LogP contribution in [0.25, 0.3) is 0 Å². The normalized spacial score (nSPS) is 11.4. The zero-order valence-electron chi connectivity index (χ0n) is 20.6. The van der Waals surface area contributed by atoms with Gasteiger partial charge >= 0.3 is 0 Å². The summed E-state index contributed by atoms with van der Waals surface area (Å²) in [5.41, 5.74) is 1.01. The zero-order chi connectivity index (χ0) is 28.0. The van der Waals surface area contributed by atoms with Crippen LogP contribution >= 0.6 is 11.6 Å². The lowest BCUT2D eigenvalue weighted by molar-refractivity contribution is 0.102. The molecule has 4 aromatic carbocycles. The van der Waals surface area contributed by atoms with E-state index in [1.807, 2.05) is 6.92 Å². The van der Waals surface area contributed by atoms with Crippen LogP contribution in [-0.4, -0.2) is 29.3 Å². The number of ether oxygens (including phenoxy) is 1. The van der Waals surface area contributed by atoms with E-state index in [4.69, 9.17) is 16.3 Å². The molecule has 4 aromatic rings. The van der Waals surface area contributed by atoms with Gasteiger partial charge in [0.2, 0.25) is 0 Å². The van der Waals surface area contributed by atoms with E-state index >= 15 is 0 Å². The number of anilines is 3. The first-order valence-corrected chi connectivity index (χ1v) is 15.0. The Balaban J connectivity index is 1.41. The Morgan fingerprint density at radius 2 is 1.26 bits per heavy atom. The summed E-state index contributed by atoms with van der Waals surface area (Å²) in [5.74, 6) is 0.0735. The topological polar surface area (TPSA) is 131 Å². The predicted molar refractivity (Wildman–Crippen MR) is 152 cm³/mol. The molecule has 39 heavy (non-hydrogen) atoms. The maximum Gasteiger partial charge on any atom is 0.261 e. The van der Waals surface area contributed by atoms with Gasteiger partial charge in [0.1, 0.15) is 5.75 Å². The minimum atomic E-state index is -3.86. The summed E-state index contributed by atoms with van der Waals surface area (Å²) >= 11 is 6.26. The van der Waals surface area contributed by atoms with Crippen molar-refractivity contribution in [3.8, 4) is 5.75 Å². The van der Waals surface area contributed by atoms with E-state index in [0.717, 1.165) is 0 Å². The summed E-state index contributed by atoms with van der Waals surface area (Å²) in [6.45, 7) is 2.36. The van der Waals surface area contributed by atoms with Gasteiger partial charge in [-0.05, 0) is 85.8 Å². The van der Waals surface area contributed by atoms with E-state index in [2.05, 4.69) is 14.8 Å². The molecule has 12 heteroatoms. The van der Waals surface area contributed by atoms with E-state index in [-0.39, 0.29) is 26.1 Å². The fourth-order valence-electron chi connectivity index (χ4n) is 3.49. The predicted octanol–water partition coefficient (Wildman–Crippen LogP) is 5.59. The van der Waals surface area contributed by atoms with E-state index in [1.165, 1.54) is 54.6 Å². The van der Waals surface area contributed by atoms with Crippen LogP contribution in [0.1, 0.15) is 17.3 Å². The lowest BCUT2D eigenvalue weighted by Gasteiger charge is -2.12. The minimum Gasteiger partial charge on any atom is -0.494 e. The number of carbonyl (C=O) groups excluding carboxylic acids is 1. The minimum absolute atomic E-state index is 0.00229. The number of nitrogens with one attached hydrogen (secondary N) is 3. The second-order valence-electron chi connectivity index (χ2n) is 8.15. The lowest BCUT2D eigenvalue weighted by atomic mass is 10.2. The van der Waals surface area contributed by atoms with Crippen molar-refractivity contribution >= 4 is 54.6 Å². The number of rotatable bonds is 10. The molecule has 0 aliphatic heterocycles. The van der Waals surface area contributed by atoms with Crippen LogP contribution in [0.4, 0.5) is 17.1 Å². The summed E-state index contributed by atoms with van der Waals surface area (Å²) in [7, 11) is -7.68. The monoisotopic (exact) mass is 585 g/mol. The van der Waals surface area contributed by atoms with Crippen LogP contribution in [0, 0.1) is 0 Å². The fourth-order valence-corrected chi connectivity index (χ4v) is 5.89. The van der Waals surface area contributed by atoms with Crippen molar-refractivity contribution in [2.24, 2.45) is 0 Å². The lowest BCUT2D eigenvalue weighted by Crippen LogP contribution is -2.15. The quantitative estimate of drug-likeness (QED) is 0.222. The van der Waals surface area contributed by atoms with Crippen LogP contribution < -0.4 is 19.5 Å². The molecule has 0 atom stereocenters. The van der Waals surface area contributed by atoms with Crippen molar-refractivity contribution < 1.29 is 26.4 Å². The number of benzene rings is 4. The molecular weight excluding hydrogens is 562 g/mol. The molecule has 0 aliphatic rings. The van der Waals surface area contributed by atoms with Gasteiger partial charge in [-0.1, -0.05) is 29.8 Å². The van der Waals surface area contributed by atoms with Crippen LogP contribution in [0.5, 0.6) is 5.75 Å². The maximum absolute atomic E-state index is 12.8. The first kappa shape index (κ1) is 28.0. The molecule has 0 fully saturated rings. The van der Waals surface area contributed by atoms with Crippen molar-refractivity contribution in [3.05, 3.63) is 108 Å². The molecule has 0 saturated carbocycles. The highest BCUT2D eigenvalue weighted by Gasteiger charge is 2.18. The van der Waals surface area contributed by atoms with Crippen LogP contribution in [-0.2, 0) is 20.0 Å². The molecule has 4 rings (SSSR count). The van der Waals surface area contributed by atoms with Gasteiger partial charge in [-0.25, -0.2) is 16.8 Å². The van der Waals surface area contributed by atoms with Crippen molar-refractivity contribution in [2.45, 2.75) is 16.7 Å². The molecule has 0 radical (unpaired) electrons. The largest absolute Gasteiger partial charge is 0.494 e. The summed E-state index contributed by atoms with van der Waals surface area (Å²) in [4.78, 5) is 12.9. The van der Waals surface area contributed by atoms with Crippen molar-refractivity contribution in [2.75, 3.05) is 21.4 Å². The Morgan fingerprint density at radius 1 is 0.718 bits per heavy atom. The molecule has 0 bridgehead atoms. The molecule has 9 nitrogen and oxygen atoms in total. The van der Waals surface area contributed by atoms with Gasteiger partial charge < -0.3 is 10.1 Å². The van der Waals surface area contributed by atoms with Gasteiger partial charge in [0.15, 0.2) is 0 Å². The summed E-state index contributed by atoms with van der Waals surface area (Å²) < 4.78 is 60.8. The second-order valence-corrected chi connectivity index (χ2v) is 11.9. The third kappa shape index (κ3) is 7.08. The molecule has 0 heterocycles. The second kappa shape index (κ2) is 11.8. The standard InChI is InChI=1S/C27H24ClN3O6S2/c1-2-37-22-13-8-20(9-14-22)30-39(35,36)24-15-10-19(11-16-24)29-27(32)25-17-12-21(18-26(25)28)31-38(33,34)23-6-4-3-5-7-23/h3-18,30-31H,2H2,1H3,(H,29,32). The van der Waals surface area contributed by atoms with Gasteiger partial charge in [-0.2, -0.15) is 0 Å². The molecule has 3 N–H and O–H groups in total. The Bertz CT molecular complexity index is 1680. The van der Waals surface area contributed by atoms with E-state index in [0.29, 0.717) is 23.7 Å². The molecule has 0 aromatic heterocycles. The summed E-state index contributed by atoms with van der Waals surface area (Å²) in [6, 6.07) is 24.1. The summed E-state index contributed by atoms with van der Waals surface area (Å²) in [6.07, 6.45) is 0. The van der Waals surface area contributed by atoms with E-state index in [1.54, 1.807) is 42.5 Å². The molecule has 0 unspecified atom stereocenters. The average molecular weight is 586 g/mol. The van der Waals surface area contributed by atoms with Gasteiger partial charge in [0.05, 0.1) is 32.7 Å². The highest BCUT2D eigenvalue weighted by Crippen LogP contribution is 2.25. The SMILES string of the molecule is CCOc1ccc(NS(=O)(=O)c2ccc(NC(=O)c3ccc(NS(=O)(=O)c4ccccc4)cc3Cl)cc2)cc1. The number of sulfonamides is 2. The zero-order valence-corrected chi connectivity index (χ0v) is 23.0. The highest BCUT2D eigenvalue weighted by atomic mass is 35.5. The molecule has 0 aliphatic carbocycles. The molecule has 1 amide bonds. The number of amides is 1. The number of hydrogen-bond acceptors (Lipinski definition) is 6. The smallest absolute Gasteiger partial charge is 0.261 e. The Labute approximate surface area is 231 Å². The van der Waals surface area contributed by atoms with Gasteiger partial charge in [0, 0.05) is 11.4 Å². The average Bonchev–Trinajstić information content (AvgIpc) is 2.90. The van der Waals surface area contributed by atoms with Crippen LogP contribution in [0.2, 0.25) is 5.02 Å². The van der Waals surface area contributed by atoms with Gasteiger partial charge in [0.25, 0.3) is 26.0 Å². The first-order chi connectivity index (χ1) is 18.6. The third-order valence-corrected chi connectivity index (χ3v) is 8.47. The Kier molecular flexibility index (Phi) is 8.44. The molecule has 0 spiro atoms. The number of halogens is 1. The van der Waals surface area contributed by atoms with E-state index in [9.17, 15) is 21.6 Å². The number of hydrogen-bond donors (Lipinski definition) is 3. The van der Waals surface area contributed by atoms with Crippen molar-refractivity contribution in [3.63, 3.8) is 0 Å². The Hall–Kier alpha value is -4.06. The summed E-state index contributed by atoms with van der Waals surface area (Å²) in [5, 5.41) is 2.68. The first-order valence-electron chi connectivity index (χ1n) is 11.6. The maximum atomic E-state index is 12.8. The van der Waals surface area contributed by atoms with Crippen LogP contribution in [0.15, 0.2) is 107 Å². The highest BCUT2D eigenvalue weighted by molar-refractivity contribution is 7.93. The Morgan fingerprint density at radius 3 is 1.85 bits per heavy atom. The van der Waals surface area contributed by atoms with Crippen molar-refractivity contribution in [1.29, 1.82) is 0 Å². The number of carbonyl (C=O) groups is 1.